The van der Waals surface area contributed by atoms with Gasteiger partial charge < -0.3 is 10.2 Å². The number of allylic oxidation sites excluding steroid dienone is 1. The van der Waals surface area contributed by atoms with E-state index in [1.54, 1.807) is 0 Å². The van der Waals surface area contributed by atoms with Crippen LogP contribution in [0.2, 0.25) is 0 Å². The van der Waals surface area contributed by atoms with Crippen molar-refractivity contribution in [1.29, 1.82) is 0 Å². The Kier molecular flexibility index (Phi) is 2.75. The molecular formula is C7H8O4S. The third kappa shape index (κ3) is 1.79. The zero-order chi connectivity index (χ0) is 9.14. The number of carboxylic acid groups (broad SMARTS) is 2. The van der Waals surface area contributed by atoms with E-state index in [0.717, 1.165) is 12.2 Å². The van der Waals surface area contributed by atoms with Gasteiger partial charge in [-0.15, -0.1) is 11.8 Å². The van der Waals surface area contributed by atoms with Crippen LogP contribution in [0.5, 0.6) is 0 Å². The average Bonchev–Trinajstić information content (AvgIpc) is 2.37. The van der Waals surface area contributed by atoms with Crippen LogP contribution in [0.1, 0.15) is 12.8 Å². The summed E-state index contributed by atoms with van der Waals surface area (Å²) in [6.45, 7) is 0. The average molecular weight is 188 g/mol. The fraction of sp³-hybridized carbons (Fsp3) is 0.429. The third-order valence-corrected chi connectivity index (χ3v) is 2.78. The van der Waals surface area contributed by atoms with Gasteiger partial charge in [0.05, 0.1) is 0 Å². The van der Waals surface area contributed by atoms with Gasteiger partial charge in [0.1, 0.15) is 0 Å². The summed E-state index contributed by atoms with van der Waals surface area (Å²) in [6.07, 6.45) is 1.45. The van der Waals surface area contributed by atoms with E-state index in [-0.39, 0.29) is 0 Å². The molecule has 0 aromatic rings. The second kappa shape index (κ2) is 3.62. The Hall–Kier alpha value is -0.970. The Morgan fingerprint density at radius 1 is 1.25 bits per heavy atom. The molecule has 66 valence electrons. The van der Waals surface area contributed by atoms with Crippen LogP contribution < -0.4 is 0 Å². The Morgan fingerprint density at radius 3 is 2.17 bits per heavy atom. The van der Waals surface area contributed by atoms with Gasteiger partial charge >= 0.3 is 11.9 Å². The Balaban J connectivity index is 2.97. The van der Waals surface area contributed by atoms with Crippen LogP contribution >= 0.6 is 11.8 Å². The number of hydrogen-bond donors (Lipinski definition) is 2. The summed E-state index contributed by atoms with van der Waals surface area (Å²) in [6, 6.07) is 0. The molecule has 2 N–H and O–H groups in total. The van der Waals surface area contributed by atoms with Crippen molar-refractivity contribution < 1.29 is 19.8 Å². The Bertz CT molecular complexity index is 232. The predicted molar refractivity (Wildman–Crippen MR) is 44.0 cm³/mol. The van der Waals surface area contributed by atoms with E-state index in [9.17, 15) is 9.59 Å². The van der Waals surface area contributed by atoms with Crippen LogP contribution in [0.4, 0.5) is 0 Å². The molecule has 1 rings (SSSR count). The van der Waals surface area contributed by atoms with Crippen LogP contribution in [-0.4, -0.2) is 27.9 Å². The van der Waals surface area contributed by atoms with E-state index in [4.69, 9.17) is 10.2 Å². The summed E-state index contributed by atoms with van der Waals surface area (Å²) in [5.74, 6) is -1.86. The maximum Gasteiger partial charge on any atom is 0.343 e. The maximum absolute atomic E-state index is 10.5. The number of aliphatic carboxylic acids is 2. The molecular weight excluding hydrogens is 180 g/mol. The standard InChI is InChI=1S/C7H8O4S/c8-6(9)5(7(10)11)4-2-1-3-12-4/h1-3H2,(H,8,9)(H,10,11). The van der Waals surface area contributed by atoms with Crippen molar-refractivity contribution in [3.63, 3.8) is 0 Å². The van der Waals surface area contributed by atoms with Crippen molar-refractivity contribution in [1.82, 2.24) is 0 Å². The number of hydrogen-bond acceptors (Lipinski definition) is 3. The largest absolute Gasteiger partial charge is 0.477 e. The van der Waals surface area contributed by atoms with Crippen LogP contribution in [0, 0.1) is 0 Å². The van der Waals surface area contributed by atoms with Gasteiger partial charge in [-0.05, 0) is 18.6 Å². The van der Waals surface area contributed by atoms with Crippen molar-refractivity contribution in [3.05, 3.63) is 10.5 Å². The van der Waals surface area contributed by atoms with E-state index < -0.39 is 17.5 Å². The second-order valence-electron chi connectivity index (χ2n) is 2.36. The molecule has 4 nitrogen and oxygen atoms in total. The Labute approximate surface area is 73.3 Å². The molecule has 1 aliphatic heterocycles. The SMILES string of the molecule is O=C(O)C(C(=O)O)=C1CCCS1. The van der Waals surface area contributed by atoms with Gasteiger partial charge in [0.15, 0.2) is 5.57 Å². The maximum atomic E-state index is 10.5. The molecule has 5 heteroatoms. The van der Waals surface area contributed by atoms with Gasteiger partial charge in [-0.25, -0.2) is 9.59 Å². The fourth-order valence-corrected chi connectivity index (χ4v) is 2.17. The summed E-state index contributed by atoms with van der Waals surface area (Å²) in [7, 11) is 0. The lowest BCUT2D eigenvalue weighted by atomic mass is 10.2. The first kappa shape index (κ1) is 9.12. The molecule has 0 unspecified atom stereocenters. The fourth-order valence-electron chi connectivity index (χ4n) is 1.03. The van der Waals surface area contributed by atoms with E-state index in [1.807, 2.05) is 0 Å². The lowest BCUT2D eigenvalue weighted by molar-refractivity contribution is -0.140. The topological polar surface area (TPSA) is 74.6 Å². The number of rotatable bonds is 2. The smallest absolute Gasteiger partial charge is 0.343 e. The predicted octanol–water partition coefficient (Wildman–Crippen LogP) is 0.937. The van der Waals surface area contributed by atoms with Crippen molar-refractivity contribution in [2.45, 2.75) is 12.8 Å². The van der Waals surface area contributed by atoms with Crippen molar-refractivity contribution in [2.24, 2.45) is 0 Å². The number of carboxylic acids is 2. The van der Waals surface area contributed by atoms with Crippen LogP contribution in [-0.2, 0) is 9.59 Å². The van der Waals surface area contributed by atoms with Crippen molar-refractivity contribution in [2.75, 3.05) is 5.75 Å². The Morgan fingerprint density at radius 2 is 1.83 bits per heavy atom. The van der Waals surface area contributed by atoms with Gasteiger partial charge in [0.25, 0.3) is 0 Å². The minimum Gasteiger partial charge on any atom is -0.477 e. The van der Waals surface area contributed by atoms with Crippen molar-refractivity contribution >= 4 is 23.7 Å². The molecule has 1 saturated heterocycles. The highest BCUT2D eigenvalue weighted by Crippen LogP contribution is 2.33. The van der Waals surface area contributed by atoms with E-state index in [2.05, 4.69) is 0 Å². The summed E-state index contributed by atoms with van der Waals surface area (Å²) in [4.78, 5) is 21.4. The summed E-state index contributed by atoms with van der Waals surface area (Å²) < 4.78 is 0. The molecule has 1 fully saturated rings. The first-order chi connectivity index (χ1) is 5.63. The summed E-state index contributed by atoms with van der Waals surface area (Å²) >= 11 is 1.33. The van der Waals surface area contributed by atoms with E-state index in [1.165, 1.54) is 11.8 Å². The van der Waals surface area contributed by atoms with Gasteiger partial charge in [-0.1, -0.05) is 0 Å². The number of thioether (sulfide) groups is 1. The molecule has 0 atom stereocenters. The van der Waals surface area contributed by atoms with Gasteiger partial charge in [0.2, 0.25) is 0 Å². The zero-order valence-corrected chi connectivity index (χ0v) is 7.06. The quantitative estimate of drug-likeness (QED) is 0.383. The molecule has 0 aromatic heterocycles. The molecule has 0 radical (unpaired) electrons. The summed E-state index contributed by atoms with van der Waals surface area (Å²) in [5, 5.41) is 17.1. The van der Waals surface area contributed by atoms with Gasteiger partial charge in [-0.2, -0.15) is 0 Å². The zero-order valence-electron chi connectivity index (χ0n) is 6.24. The number of carbonyl (C=O) groups is 2. The van der Waals surface area contributed by atoms with Crippen molar-refractivity contribution in [3.8, 4) is 0 Å². The highest BCUT2D eigenvalue weighted by molar-refractivity contribution is 8.03. The molecule has 12 heavy (non-hydrogen) atoms. The monoisotopic (exact) mass is 188 g/mol. The molecule has 1 aliphatic rings. The minimum absolute atomic E-state index is 0.461. The molecule has 0 saturated carbocycles. The highest BCUT2D eigenvalue weighted by atomic mass is 32.2. The van der Waals surface area contributed by atoms with E-state index in [0.29, 0.717) is 11.3 Å². The lowest BCUT2D eigenvalue weighted by Crippen LogP contribution is -2.12. The minimum atomic E-state index is -1.34. The van der Waals surface area contributed by atoms with Gasteiger partial charge in [-0.3, -0.25) is 0 Å². The summed E-state index contributed by atoms with van der Waals surface area (Å²) in [5.41, 5.74) is -0.461. The second-order valence-corrected chi connectivity index (χ2v) is 3.55. The molecule has 0 amide bonds. The molecule has 1 heterocycles. The van der Waals surface area contributed by atoms with Crippen LogP contribution in [0.3, 0.4) is 0 Å². The lowest BCUT2D eigenvalue weighted by Gasteiger charge is -1.99. The molecule has 0 bridgehead atoms. The van der Waals surface area contributed by atoms with Gasteiger partial charge in [0, 0.05) is 4.91 Å². The third-order valence-electron chi connectivity index (χ3n) is 1.53. The molecule has 0 aliphatic carbocycles. The van der Waals surface area contributed by atoms with Crippen LogP contribution in [0.25, 0.3) is 0 Å². The molecule has 0 aromatic carbocycles. The normalized spacial score (nSPS) is 16.2. The molecule has 0 spiro atoms. The van der Waals surface area contributed by atoms with E-state index >= 15 is 0 Å². The first-order valence-electron chi connectivity index (χ1n) is 3.45. The first-order valence-corrected chi connectivity index (χ1v) is 4.44. The van der Waals surface area contributed by atoms with Crippen LogP contribution in [0.15, 0.2) is 10.5 Å². The highest BCUT2D eigenvalue weighted by Gasteiger charge is 2.24.